The van der Waals surface area contributed by atoms with E-state index in [0.717, 1.165) is 66.0 Å². The van der Waals surface area contributed by atoms with Crippen molar-refractivity contribution < 1.29 is 0 Å². The molecule has 39 heavy (non-hydrogen) atoms. The Hall–Kier alpha value is -3.40. The second-order valence-corrected chi connectivity index (χ2v) is 11.7. The predicted octanol–water partition coefficient (Wildman–Crippen LogP) is 8.08. The van der Waals surface area contributed by atoms with E-state index in [1.165, 1.54) is 11.1 Å². The molecule has 6 nitrogen and oxygen atoms in total. The zero-order chi connectivity index (χ0) is 26.6. The molecule has 0 aliphatic heterocycles. The molecule has 9 heteroatoms. The number of aromatic amines is 1. The van der Waals surface area contributed by atoms with Gasteiger partial charge < -0.3 is 0 Å². The minimum atomic E-state index is 0.586. The molecule has 0 bridgehead atoms. The highest BCUT2D eigenvalue weighted by molar-refractivity contribution is 9.11. The van der Waals surface area contributed by atoms with Crippen LogP contribution in [-0.2, 0) is 18.6 Å². The summed E-state index contributed by atoms with van der Waals surface area (Å²) in [6.07, 6.45) is 1.69. The molecule has 6 rings (SSSR count). The fourth-order valence-corrected chi connectivity index (χ4v) is 6.93. The fourth-order valence-electron chi connectivity index (χ4n) is 4.38. The maximum atomic E-state index is 5.01. The van der Waals surface area contributed by atoms with Gasteiger partial charge in [-0.2, -0.15) is 5.21 Å². The van der Waals surface area contributed by atoms with Gasteiger partial charge in [-0.3, -0.25) is 0 Å². The first-order chi connectivity index (χ1) is 19.1. The van der Waals surface area contributed by atoms with E-state index in [0.29, 0.717) is 5.82 Å². The highest BCUT2D eigenvalue weighted by Crippen LogP contribution is 2.36. The molecule has 0 radical (unpaired) electrons. The van der Waals surface area contributed by atoms with E-state index in [1.807, 2.05) is 18.2 Å². The van der Waals surface area contributed by atoms with Gasteiger partial charge >= 0.3 is 0 Å². The Morgan fingerprint density at radius 2 is 1.54 bits per heavy atom. The lowest BCUT2D eigenvalue weighted by atomic mass is 10.0. The number of rotatable bonds is 8. The molecule has 0 unspecified atom stereocenters. The summed E-state index contributed by atoms with van der Waals surface area (Å²) in [5, 5.41) is 16.4. The van der Waals surface area contributed by atoms with Crippen molar-refractivity contribution in [1.82, 2.24) is 30.6 Å². The topological polar surface area (TPSA) is 80.2 Å². The van der Waals surface area contributed by atoms with Gasteiger partial charge in [-0.15, -0.1) is 22.0 Å². The molecule has 192 valence electrons. The maximum Gasteiger partial charge on any atom is 0.204 e. The summed E-state index contributed by atoms with van der Waals surface area (Å²) >= 11 is 9.10. The number of hydrogen-bond donors (Lipinski definition) is 1. The largest absolute Gasteiger partial charge is 0.233 e. The summed E-state index contributed by atoms with van der Waals surface area (Å²) in [5.74, 6) is 2.24. The second-order valence-electron chi connectivity index (χ2n) is 9.01. The lowest BCUT2D eigenvalue weighted by molar-refractivity contribution is 0.845. The van der Waals surface area contributed by atoms with Crippen LogP contribution in [-0.4, -0.2) is 30.6 Å². The van der Waals surface area contributed by atoms with Crippen molar-refractivity contribution in [3.63, 3.8) is 0 Å². The molecule has 0 saturated carbocycles. The standard InChI is InChI=1S/C30H22Br2N6S/c31-24-16-25(32)28-26(17-24)33-27(14-11-19-5-2-1-3-6-19)34-30(28)39-18-20-9-12-21(13-10-20)22-7-4-8-23(15-22)29-35-37-38-36-29/h1-10,12-13,15-17H,11,14,18H2,(H,35,36,37,38). The van der Waals surface area contributed by atoms with Crippen molar-refractivity contribution >= 4 is 54.5 Å². The Balaban J connectivity index is 1.22. The molecule has 0 spiro atoms. The third-order valence-electron chi connectivity index (χ3n) is 6.34. The van der Waals surface area contributed by atoms with Gasteiger partial charge in [0.1, 0.15) is 10.9 Å². The van der Waals surface area contributed by atoms with Crippen LogP contribution in [0.15, 0.2) is 105 Å². The molecule has 0 amide bonds. The number of tetrazole rings is 1. The maximum absolute atomic E-state index is 5.01. The van der Waals surface area contributed by atoms with Crippen LogP contribution in [0, 0.1) is 0 Å². The zero-order valence-corrected chi connectivity index (χ0v) is 24.7. The van der Waals surface area contributed by atoms with Crippen molar-refractivity contribution in [1.29, 1.82) is 0 Å². The lowest BCUT2D eigenvalue weighted by Gasteiger charge is -2.11. The summed E-state index contributed by atoms with van der Waals surface area (Å²) in [7, 11) is 0. The highest BCUT2D eigenvalue weighted by Gasteiger charge is 2.14. The van der Waals surface area contributed by atoms with E-state index in [2.05, 4.69) is 125 Å². The molecule has 0 atom stereocenters. The molecule has 4 aromatic carbocycles. The number of nitrogens with one attached hydrogen (secondary N) is 1. The van der Waals surface area contributed by atoms with Crippen LogP contribution >= 0.6 is 43.6 Å². The minimum Gasteiger partial charge on any atom is -0.233 e. The van der Waals surface area contributed by atoms with Crippen LogP contribution in [0.3, 0.4) is 0 Å². The Morgan fingerprint density at radius 1 is 0.718 bits per heavy atom. The van der Waals surface area contributed by atoms with E-state index in [1.54, 1.807) is 11.8 Å². The van der Waals surface area contributed by atoms with Gasteiger partial charge in [0.15, 0.2) is 0 Å². The molecule has 2 aromatic heterocycles. The Morgan fingerprint density at radius 3 is 2.33 bits per heavy atom. The Kier molecular flexibility index (Phi) is 7.81. The lowest BCUT2D eigenvalue weighted by Crippen LogP contribution is -2.01. The van der Waals surface area contributed by atoms with Crippen molar-refractivity contribution in [2.45, 2.75) is 23.6 Å². The molecule has 0 aliphatic carbocycles. The number of aryl methyl sites for hydroxylation is 2. The number of hydrogen-bond acceptors (Lipinski definition) is 6. The molecular formula is C30H22Br2N6S. The van der Waals surface area contributed by atoms with Crippen LogP contribution in [0.25, 0.3) is 33.4 Å². The molecule has 6 aromatic rings. The number of benzene rings is 4. The molecule has 0 aliphatic rings. The Bertz CT molecular complexity index is 1730. The van der Waals surface area contributed by atoms with Crippen LogP contribution in [0.5, 0.6) is 0 Å². The molecule has 1 N–H and O–H groups in total. The Labute approximate surface area is 247 Å². The van der Waals surface area contributed by atoms with Gasteiger partial charge in [-0.05, 0) is 68.0 Å². The first kappa shape index (κ1) is 25.9. The van der Waals surface area contributed by atoms with E-state index < -0.39 is 0 Å². The zero-order valence-electron chi connectivity index (χ0n) is 20.7. The van der Waals surface area contributed by atoms with Crippen LogP contribution < -0.4 is 0 Å². The SMILES string of the molecule is Brc1cc(Br)c2c(SCc3ccc(-c4cccc(-c5nn[nH]n5)c4)cc3)nc(CCc3ccccc3)nc2c1. The molecule has 0 fully saturated rings. The molecular weight excluding hydrogens is 636 g/mol. The number of nitrogens with zero attached hydrogens (tertiary/aromatic N) is 5. The number of halogens is 2. The smallest absolute Gasteiger partial charge is 0.204 e. The van der Waals surface area contributed by atoms with Gasteiger partial charge in [0.05, 0.1) is 5.52 Å². The average Bonchev–Trinajstić information content (AvgIpc) is 3.51. The second kappa shape index (κ2) is 11.8. The summed E-state index contributed by atoms with van der Waals surface area (Å²) < 4.78 is 1.98. The number of aromatic nitrogens is 6. The van der Waals surface area contributed by atoms with Crippen molar-refractivity contribution in [2.75, 3.05) is 0 Å². The van der Waals surface area contributed by atoms with Crippen LogP contribution in [0.2, 0.25) is 0 Å². The third kappa shape index (κ3) is 6.11. The first-order valence-corrected chi connectivity index (χ1v) is 14.9. The number of fused-ring (bicyclic) bond motifs is 1. The van der Waals surface area contributed by atoms with Crippen molar-refractivity contribution in [2.24, 2.45) is 0 Å². The van der Waals surface area contributed by atoms with E-state index in [4.69, 9.17) is 9.97 Å². The number of thioether (sulfide) groups is 1. The van der Waals surface area contributed by atoms with Crippen molar-refractivity contribution in [3.8, 4) is 22.5 Å². The summed E-state index contributed by atoms with van der Waals surface area (Å²) in [4.78, 5) is 9.91. The van der Waals surface area contributed by atoms with E-state index in [-0.39, 0.29) is 0 Å². The number of H-pyrrole nitrogens is 1. The highest BCUT2D eigenvalue weighted by atomic mass is 79.9. The van der Waals surface area contributed by atoms with Crippen LogP contribution in [0.4, 0.5) is 0 Å². The van der Waals surface area contributed by atoms with Gasteiger partial charge in [0, 0.05) is 32.1 Å². The molecule has 0 saturated heterocycles. The van der Waals surface area contributed by atoms with Gasteiger partial charge in [0.2, 0.25) is 5.82 Å². The van der Waals surface area contributed by atoms with E-state index in [9.17, 15) is 0 Å². The van der Waals surface area contributed by atoms with Gasteiger partial charge in [0.25, 0.3) is 0 Å². The first-order valence-electron chi connectivity index (χ1n) is 12.4. The monoisotopic (exact) mass is 656 g/mol. The van der Waals surface area contributed by atoms with E-state index >= 15 is 0 Å². The van der Waals surface area contributed by atoms with Gasteiger partial charge in [-0.25, -0.2) is 9.97 Å². The van der Waals surface area contributed by atoms with Crippen molar-refractivity contribution in [3.05, 3.63) is 117 Å². The van der Waals surface area contributed by atoms with Gasteiger partial charge in [-0.1, -0.05) is 88.7 Å². The fraction of sp³-hybridized carbons (Fsp3) is 0.100. The predicted molar refractivity (Wildman–Crippen MR) is 163 cm³/mol. The third-order valence-corrected chi connectivity index (χ3v) is 8.47. The minimum absolute atomic E-state index is 0.586. The summed E-state index contributed by atoms with van der Waals surface area (Å²) in [6.45, 7) is 0. The quantitative estimate of drug-likeness (QED) is 0.132. The summed E-state index contributed by atoms with van der Waals surface area (Å²) in [6, 6.07) is 31.4. The average molecular weight is 658 g/mol. The molecule has 2 heterocycles. The summed E-state index contributed by atoms with van der Waals surface area (Å²) in [5.41, 5.74) is 6.62. The normalized spacial score (nSPS) is 11.2. The van der Waals surface area contributed by atoms with Crippen LogP contribution in [0.1, 0.15) is 17.0 Å².